The number of hydrogen-bond acceptors (Lipinski definition) is 4. The lowest BCUT2D eigenvalue weighted by atomic mass is 9.78. The first kappa shape index (κ1) is 16.9. The molecule has 1 heterocycles. The van der Waals surface area contributed by atoms with Gasteiger partial charge in [-0.1, -0.05) is 24.3 Å². The molecule has 0 unspecified atom stereocenters. The molecule has 0 aliphatic carbocycles. The minimum absolute atomic E-state index is 0.339. The van der Waals surface area contributed by atoms with Gasteiger partial charge in [-0.2, -0.15) is 0 Å². The molecule has 2 aromatic rings. The lowest BCUT2D eigenvalue weighted by Gasteiger charge is -2.32. The SMILES string of the molecule is CC1(C)OB(c2cccc(COc3ccc(N)cc3)c2)OC1(C)C. The molecular formula is C19H24BNO3. The van der Waals surface area contributed by atoms with Gasteiger partial charge in [-0.05, 0) is 63.0 Å². The number of nitrogen functional groups attached to an aromatic ring is 1. The number of benzene rings is 2. The molecule has 0 aromatic heterocycles. The Morgan fingerprint density at radius 1 is 0.958 bits per heavy atom. The average molecular weight is 325 g/mol. The van der Waals surface area contributed by atoms with Crippen LogP contribution in [0.5, 0.6) is 5.75 Å². The normalized spacial score (nSPS) is 18.6. The van der Waals surface area contributed by atoms with Crippen molar-refractivity contribution >= 4 is 18.3 Å². The summed E-state index contributed by atoms with van der Waals surface area (Å²) in [6, 6.07) is 15.5. The van der Waals surface area contributed by atoms with Gasteiger partial charge in [0.1, 0.15) is 12.4 Å². The molecule has 0 amide bonds. The van der Waals surface area contributed by atoms with Crippen molar-refractivity contribution in [1.82, 2.24) is 0 Å². The molecule has 0 saturated carbocycles. The Morgan fingerprint density at radius 2 is 1.58 bits per heavy atom. The van der Waals surface area contributed by atoms with Gasteiger partial charge in [0.2, 0.25) is 0 Å². The van der Waals surface area contributed by atoms with Crippen LogP contribution in [0.1, 0.15) is 33.3 Å². The molecule has 126 valence electrons. The third-order valence-electron chi connectivity index (χ3n) is 4.76. The van der Waals surface area contributed by atoms with Gasteiger partial charge < -0.3 is 19.8 Å². The van der Waals surface area contributed by atoms with Crippen LogP contribution in [0.4, 0.5) is 5.69 Å². The van der Waals surface area contributed by atoms with Crippen LogP contribution in [-0.4, -0.2) is 18.3 Å². The maximum absolute atomic E-state index is 6.10. The molecule has 5 heteroatoms. The summed E-state index contributed by atoms with van der Waals surface area (Å²) in [5.74, 6) is 0.797. The molecule has 1 aliphatic heterocycles. The fraction of sp³-hybridized carbons (Fsp3) is 0.368. The van der Waals surface area contributed by atoms with Crippen molar-refractivity contribution < 1.29 is 14.0 Å². The summed E-state index contributed by atoms with van der Waals surface area (Å²) in [6.45, 7) is 8.71. The first-order valence-corrected chi connectivity index (χ1v) is 8.20. The Morgan fingerprint density at radius 3 is 2.21 bits per heavy atom. The summed E-state index contributed by atoms with van der Waals surface area (Å²) < 4.78 is 18.0. The van der Waals surface area contributed by atoms with Crippen LogP contribution >= 0.6 is 0 Å². The topological polar surface area (TPSA) is 53.7 Å². The molecule has 0 radical (unpaired) electrons. The molecule has 2 N–H and O–H groups in total. The van der Waals surface area contributed by atoms with Crippen LogP contribution < -0.4 is 15.9 Å². The quantitative estimate of drug-likeness (QED) is 0.693. The van der Waals surface area contributed by atoms with Crippen molar-refractivity contribution in [3.8, 4) is 5.75 Å². The van der Waals surface area contributed by atoms with Crippen LogP contribution in [0, 0.1) is 0 Å². The Bertz CT molecular complexity index is 697. The van der Waals surface area contributed by atoms with Crippen molar-refractivity contribution in [3.05, 3.63) is 54.1 Å². The average Bonchev–Trinajstić information content (AvgIpc) is 2.75. The van der Waals surface area contributed by atoms with Crippen molar-refractivity contribution in [2.24, 2.45) is 0 Å². The third kappa shape index (κ3) is 3.42. The Balaban J connectivity index is 1.70. The molecule has 3 rings (SSSR count). The molecule has 0 bridgehead atoms. The van der Waals surface area contributed by atoms with E-state index in [0.29, 0.717) is 6.61 Å². The monoisotopic (exact) mass is 325 g/mol. The van der Waals surface area contributed by atoms with Gasteiger partial charge in [-0.15, -0.1) is 0 Å². The smallest absolute Gasteiger partial charge is 0.489 e. The number of anilines is 1. The zero-order valence-electron chi connectivity index (χ0n) is 14.7. The molecule has 1 fully saturated rings. The van der Waals surface area contributed by atoms with Gasteiger partial charge in [0.05, 0.1) is 11.2 Å². The Hall–Kier alpha value is -1.98. The minimum atomic E-state index is -0.355. The maximum Gasteiger partial charge on any atom is 0.494 e. The first-order valence-electron chi connectivity index (χ1n) is 8.20. The largest absolute Gasteiger partial charge is 0.494 e. The van der Waals surface area contributed by atoms with Crippen molar-refractivity contribution in [2.75, 3.05) is 5.73 Å². The highest BCUT2D eigenvalue weighted by Crippen LogP contribution is 2.36. The summed E-state index contributed by atoms with van der Waals surface area (Å²) in [7, 11) is -0.355. The molecule has 1 saturated heterocycles. The highest BCUT2D eigenvalue weighted by Gasteiger charge is 2.51. The Kier molecular flexibility index (Phi) is 4.32. The minimum Gasteiger partial charge on any atom is -0.489 e. The molecular weight excluding hydrogens is 301 g/mol. The van der Waals surface area contributed by atoms with Gasteiger partial charge in [-0.3, -0.25) is 0 Å². The van der Waals surface area contributed by atoms with Gasteiger partial charge in [0, 0.05) is 5.69 Å². The van der Waals surface area contributed by atoms with E-state index in [-0.39, 0.29) is 18.3 Å². The summed E-state index contributed by atoms with van der Waals surface area (Å²) >= 11 is 0. The van der Waals surface area contributed by atoms with Crippen molar-refractivity contribution in [3.63, 3.8) is 0 Å². The van der Waals surface area contributed by atoms with Crippen LogP contribution in [0.25, 0.3) is 0 Å². The first-order chi connectivity index (χ1) is 11.3. The van der Waals surface area contributed by atoms with Crippen molar-refractivity contribution in [1.29, 1.82) is 0 Å². The van der Waals surface area contributed by atoms with Crippen molar-refractivity contribution in [2.45, 2.75) is 45.5 Å². The van der Waals surface area contributed by atoms with E-state index in [0.717, 1.165) is 22.5 Å². The number of nitrogens with two attached hydrogens (primary N) is 1. The van der Waals surface area contributed by atoms with E-state index in [1.807, 2.05) is 42.5 Å². The lowest BCUT2D eigenvalue weighted by Crippen LogP contribution is -2.41. The van der Waals surface area contributed by atoms with E-state index in [2.05, 4.69) is 33.8 Å². The highest BCUT2D eigenvalue weighted by molar-refractivity contribution is 6.62. The van der Waals surface area contributed by atoms with Crippen LogP contribution in [-0.2, 0) is 15.9 Å². The second-order valence-electron chi connectivity index (χ2n) is 7.19. The van der Waals surface area contributed by atoms with E-state index >= 15 is 0 Å². The highest BCUT2D eigenvalue weighted by atomic mass is 16.7. The number of rotatable bonds is 4. The third-order valence-corrected chi connectivity index (χ3v) is 4.76. The van der Waals surface area contributed by atoms with Gasteiger partial charge in [-0.25, -0.2) is 0 Å². The summed E-state index contributed by atoms with van der Waals surface area (Å²) in [6.07, 6.45) is 0. The summed E-state index contributed by atoms with van der Waals surface area (Å²) in [5, 5.41) is 0. The van der Waals surface area contributed by atoms with Crippen LogP contribution in [0.3, 0.4) is 0 Å². The zero-order valence-corrected chi connectivity index (χ0v) is 14.7. The summed E-state index contributed by atoms with van der Waals surface area (Å²) in [4.78, 5) is 0. The van der Waals surface area contributed by atoms with Crippen LogP contribution in [0.2, 0.25) is 0 Å². The molecule has 0 atom stereocenters. The summed E-state index contributed by atoms with van der Waals surface area (Å²) in [5.41, 5.74) is 7.81. The molecule has 24 heavy (non-hydrogen) atoms. The zero-order chi connectivity index (χ0) is 17.4. The second-order valence-corrected chi connectivity index (χ2v) is 7.19. The molecule has 4 nitrogen and oxygen atoms in total. The van der Waals surface area contributed by atoms with Gasteiger partial charge >= 0.3 is 7.12 Å². The fourth-order valence-corrected chi connectivity index (χ4v) is 2.54. The maximum atomic E-state index is 6.10. The van der Waals surface area contributed by atoms with E-state index in [1.54, 1.807) is 0 Å². The standard InChI is InChI=1S/C19H24BNO3/c1-18(2)19(3,4)24-20(23-18)15-7-5-6-14(12-15)13-22-17-10-8-16(21)9-11-17/h5-12H,13,21H2,1-4H3. The fourth-order valence-electron chi connectivity index (χ4n) is 2.54. The van der Waals surface area contributed by atoms with E-state index in [4.69, 9.17) is 19.8 Å². The van der Waals surface area contributed by atoms with Gasteiger partial charge in [0.15, 0.2) is 0 Å². The molecule has 2 aromatic carbocycles. The molecule has 0 spiro atoms. The van der Waals surface area contributed by atoms with E-state index < -0.39 is 0 Å². The second kappa shape index (κ2) is 6.15. The lowest BCUT2D eigenvalue weighted by molar-refractivity contribution is 0.00578. The van der Waals surface area contributed by atoms with E-state index in [9.17, 15) is 0 Å². The number of hydrogen-bond donors (Lipinski definition) is 1. The molecule has 1 aliphatic rings. The van der Waals surface area contributed by atoms with E-state index in [1.165, 1.54) is 0 Å². The number of ether oxygens (including phenoxy) is 1. The van der Waals surface area contributed by atoms with Gasteiger partial charge in [0.25, 0.3) is 0 Å². The predicted molar refractivity (Wildman–Crippen MR) is 97.3 cm³/mol. The Labute approximate surface area is 144 Å². The van der Waals surface area contributed by atoms with Crippen LogP contribution in [0.15, 0.2) is 48.5 Å². The predicted octanol–water partition coefficient (Wildman–Crippen LogP) is 3.15.